The van der Waals surface area contributed by atoms with Gasteiger partial charge in [-0.05, 0) is 25.0 Å². The molecule has 0 saturated carbocycles. The maximum atomic E-state index is 10.9. The van der Waals surface area contributed by atoms with Crippen molar-refractivity contribution in [3.05, 3.63) is 45.5 Å². The molecule has 5 heteroatoms. The summed E-state index contributed by atoms with van der Waals surface area (Å²) in [6.07, 6.45) is 3.48. The predicted octanol–water partition coefficient (Wildman–Crippen LogP) is 2.11. The van der Waals surface area contributed by atoms with Crippen molar-refractivity contribution in [1.82, 2.24) is 0 Å². The first-order valence-electron chi connectivity index (χ1n) is 5.29. The minimum atomic E-state index is -0.429. The third kappa shape index (κ3) is 3.57. The fourth-order valence-corrected chi connectivity index (χ4v) is 1.55. The molecule has 0 radical (unpaired) electrons. The molecule has 92 valence electrons. The van der Waals surface area contributed by atoms with Gasteiger partial charge in [0.2, 0.25) is 0 Å². The van der Waals surface area contributed by atoms with Crippen LogP contribution in [0.3, 0.4) is 0 Å². The van der Waals surface area contributed by atoms with Gasteiger partial charge in [0.05, 0.1) is 4.92 Å². The fourth-order valence-electron chi connectivity index (χ4n) is 1.55. The van der Waals surface area contributed by atoms with Gasteiger partial charge in [0, 0.05) is 12.6 Å². The van der Waals surface area contributed by atoms with Gasteiger partial charge in [-0.2, -0.15) is 0 Å². The van der Waals surface area contributed by atoms with Crippen molar-refractivity contribution < 1.29 is 9.66 Å². The van der Waals surface area contributed by atoms with Crippen LogP contribution in [0.2, 0.25) is 0 Å². The number of nitrogens with two attached hydrogens (primary N) is 1. The zero-order valence-corrected chi connectivity index (χ0v) is 9.97. The van der Waals surface area contributed by atoms with Gasteiger partial charge in [0.1, 0.15) is 6.61 Å². The molecule has 5 nitrogen and oxygen atoms in total. The van der Waals surface area contributed by atoms with E-state index in [-0.39, 0.29) is 12.3 Å². The van der Waals surface area contributed by atoms with Crippen molar-refractivity contribution in [2.45, 2.75) is 13.8 Å². The molecule has 0 saturated heterocycles. The highest BCUT2D eigenvalue weighted by molar-refractivity contribution is 5.53. The van der Waals surface area contributed by atoms with Crippen LogP contribution in [0.25, 0.3) is 0 Å². The summed E-state index contributed by atoms with van der Waals surface area (Å²) in [7, 11) is 0. The van der Waals surface area contributed by atoms with Crippen LogP contribution in [0.4, 0.5) is 5.69 Å². The highest BCUT2D eigenvalue weighted by atomic mass is 16.6. The topological polar surface area (TPSA) is 78.4 Å². The number of nitro groups is 1. The van der Waals surface area contributed by atoms with Gasteiger partial charge in [0.25, 0.3) is 0 Å². The van der Waals surface area contributed by atoms with Crippen molar-refractivity contribution in [3.8, 4) is 5.75 Å². The van der Waals surface area contributed by atoms with Crippen molar-refractivity contribution in [2.24, 2.45) is 5.73 Å². The number of hydrogen-bond acceptors (Lipinski definition) is 4. The Hall–Kier alpha value is -1.88. The van der Waals surface area contributed by atoms with Gasteiger partial charge in [0.15, 0.2) is 5.75 Å². The van der Waals surface area contributed by atoms with Gasteiger partial charge < -0.3 is 10.5 Å². The minimum absolute atomic E-state index is 0.00338. The van der Waals surface area contributed by atoms with E-state index < -0.39 is 4.92 Å². The van der Waals surface area contributed by atoms with Crippen LogP contribution in [0.1, 0.15) is 11.1 Å². The lowest BCUT2D eigenvalue weighted by Crippen LogP contribution is -2.02. The molecule has 0 aliphatic carbocycles. The summed E-state index contributed by atoms with van der Waals surface area (Å²) in [5.74, 6) is 0.322. The Morgan fingerprint density at radius 3 is 2.71 bits per heavy atom. The lowest BCUT2D eigenvalue weighted by molar-refractivity contribution is -0.385. The minimum Gasteiger partial charge on any atom is -0.482 e. The van der Waals surface area contributed by atoms with Gasteiger partial charge in [-0.25, -0.2) is 0 Å². The molecule has 0 bridgehead atoms. The zero-order valence-electron chi connectivity index (χ0n) is 9.97. The van der Waals surface area contributed by atoms with E-state index in [9.17, 15) is 10.1 Å². The Morgan fingerprint density at radius 2 is 2.12 bits per heavy atom. The number of ether oxygens (including phenoxy) is 1. The molecular weight excluding hydrogens is 220 g/mol. The van der Waals surface area contributed by atoms with Crippen LogP contribution in [0.15, 0.2) is 24.3 Å². The van der Waals surface area contributed by atoms with E-state index in [1.165, 1.54) is 6.07 Å². The van der Waals surface area contributed by atoms with Crippen LogP contribution in [0.5, 0.6) is 5.75 Å². The maximum absolute atomic E-state index is 10.9. The molecular formula is C12H16N2O3. The average Bonchev–Trinajstić information content (AvgIpc) is 2.25. The quantitative estimate of drug-likeness (QED) is 0.482. The lowest BCUT2D eigenvalue weighted by atomic mass is 10.1. The number of hydrogen-bond donors (Lipinski definition) is 1. The maximum Gasteiger partial charge on any atom is 0.311 e. The van der Waals surface area contributed by atoms with Crippen molar-refractivity contribution in [1.29, 1.82) is 0 Å². The number of aryl methyl sites for hydroxylation is 2. The number of nitrogens with zero attached hydrogens (tertiary/aromatic N) is 1. The van der Waals surface area contributed by atoms with Gasteiger partial charge in [-0.3, -0.25) is 10.1 Å². The lowest BCUT2D eigenvalue weighted by Gasteiger charge is -2.08. The average molecular weight is 236 g/mol. The first-order valence-corrected chi connectivity index (χ1v) is 5.29. The van der Waals surface area contributed by atoms with Crippen LogP contribution in [-0.4, -0.2) is 18.1 Å². The molecule has 2 N–H and O–H groups in total. The molecule has 0 aliphatic heterocycles. The predicted molar refractivity (Wildman–Crippen MR) is 66.3 cm³/mol. The number of benzene rings is 1. The van der Waals surface area contributed by atoms with E-state index in [0.29, 0.717) is 12.3 Å². The van der Waals surface area contributed by atoms with Crippen LogP contribution < -0.4 is 10.5 Å². The molecule has 0 spiro atoms. The first-order chi connectivity index (χ1) is 8.06. The van der Waals surface area contributed by atoms with E-state index in [0.717, 1.165) is 11.1 Å². The third-order valence-electron chi connectivity index (χ3n) is 2.22. The summed E-state index contributed by atoms with van der Waals surface area (Å²) in [6, 6.07) is 3.37. The Morgan fingerprint density at radius 1 is 1.41 bits per heavy atom. The van der Waals surface area contributed by atoms with Crippen molar-refractivity contribution >= 4 is 5.69 Å². The fraction of sp³-hybridized carbons (Fsp3) is 0.333. The molecule has 1 aromatic rings. The van der Waals surface area contributed by atoms with E-state index in [4.69, 9.17) is 10.5 Å². The largest absolute Gasteiger partial charge is 0.482 e. The summed E-state index contributed by atoms with van der Waals surface area (Å²) >= 11 is 0. The normalized spacial score (nSPS) is 10.8. The van der Waals surface area contributed by atoms with Gasteiger partial charge >= 0.3 is 5.69 Å². The summed E-state index contributed by atoms with van der Waals surface area (Å²) in [6.45, 7) is 4.32. The Balaban J connectivity index is 2.96. The van der Waals surface area contributed by atoms with Gasteiger partial charge in [-0.1, -0.05) is 18.2 Å². The standard InChI is InChI=1S/C12H16N2O3/c1-9-7-10(2)12(11(8-9)14(15)16)17-6-4-3-5-13/h3-4,7-8H,5-6,13H2,1-2H3. The monoisotopic (exact) mass is 236 g/mol. The van der Waals surface area contributed by atoms with E-state index in [1.807, 2.05) is 13.0 Å². The summed E-state index contributed by atoms with van der Waals surface area (Å²) in [4.78, 5) is 10.5. The molecule has 1 aromatic carbocycles. The second kappa shape index (κ2) is 6.00. The van der Waals surface area contributed by atoms with E-state index in [2.05, 4.69) is 0 Å². The second-order valence-electron chi connectivity index (χ2n) is 3.71. The summed E-state index contributed by atoms with van der Waals surface area (Å²) in [5.41, 5.74) is 6.90. The Bertz CT molecular complexity index is 442. The van der Waals surface area contributed by atoms with Crippen molar-refractivity contribution in [2.75, 3.05) is 13.2 Å². The first kappa shape index (κ1) is 13.2. The van der Waals surface area contributed by atoms with Gasteiger partial charge in [-0.15, -0.1) is 0 Å². The SMILES string of the molecule is Cc1cc(C)c(OCC=CCN)c([N+](=O)[O-])c1. The Labute approximate surface area is 100 Å². The smallest absolute Gasteiger partial charge is 0.311 e. The molecule has 0 fully saturated rings. The molecule has 0 aromatic heterocycles. The number of nitro benzene ring substituents is 1. The van der Waals surface area contributed by atoms with Crippen LogP contribution in [-0.2, 0) is 0 Å². The van der Waals surface area contributed by atoms with Crippen molar-refractivity contribution in [3.63, 3.8) is 0 Å². The highest BCUT2D eigenvalue weighted by Crippen LogP contribution is 2.31. The molecule has 0 aliphatic rings. The molecule has 1 rings (SSSR count). The van der Waals surface area contributed by atoms with E-state index >= 15 is 0 Å². The van der Waals surface area contributed by atoms with E-state index in [1.54, 1.807) is 19.1 Å². The summed E-state index contributed by atoms with van der Waals surface area (Å²) < 4.78 is 5.40. The Kier molecular flexibility index (Phi) is 4.66. The van der Waals surface area contributed by atoms with Crippen LogP contribution >= 0.6 is 0 Å². The summed E-state index contributed by atoms with van der Waals surface area (Å²) in [5, 5.41) is 10.9. The zero-order chi connectivity index (χ0) is 12.8. The number of rotatable bonds is 5. The molecule has 0 unspecified atom stereocenters. The molecule has 17 heavy (non-hydrogen) atoms. The van der Waals surface area contributed by atoms with Crippen LogP contribution in [0, 0.1) is 24.0 Å². The second-order valence-corrected chi connectivity index (χ2v) is 3.71. The molecule has 0 amide bonds. The molecule has 0 heterocycles. The third-order valence-corrected chi connectivity index (χ3v) is 2.22. The highest BCUT2D eigenvalue weighted by Gasteiger charge is 2.17. The molecule has 0 atom stereocenters.